The van der Waals surface area contributed by atoms with Crippen LogP contribution >= 0.6 is 23.6 Å². The Labute approximate surface area is 167 Å². The Balaban J connectivity index is 1.59. The van der Waals surface area contributed by atoms with Crippen molar-refractivity contribution in [3.05, 3.63) is 52.1 Å². The molecule has 0 radical (unpaired) electrons. The molecule has 1 aromatic carbocycles. The fourth-order valence-electron chi connectivity index (χ4n) is 2.96. The summed E-state index contributed by atoms with van der Waals surface area (Å²) in [6.07, 6.45) is 0. The van der Waals surface area contributed by atoms with Gasteiger partial charge in [-0.2, -0.15) is 5.10 Å². The van der Waals surface area contributed by atoms with Crippen LogP contribution in [0, 0.1) is 11.7 Å². The number of likely N-dealkylation sites (N-methyl/N-ethyl adjacent to an activating group) is 1. The number of rotatable bonds is 8. The van der Waals surface area contributed by atoms with Crippen molar-refractivity contribution in [3.8, 4) is 10.7 Å². The number of benzene rings is 1. The lowest BCUT2D eigenvalue weighted by atomic mass is 10.2. The Hall–Kier alpha value is -2.45. The SMILES string of the molecule is CCN(CCNC(=O)Cn1c(-c2cccs2)n[nH]c1=S)c1ccccc1C. The van der Waals surface area contributed by atoms with Gasteiger partial charge in [0.15, 0.2) is 10.6 Å². The molecule has 6 nitrogen and oxygen atoms in total. The predicted molar refractivity (Wildman–Crippen MR) is 113 cm³/mol. The van der Waals surface area contributed by atoms with Gasteiger partial charge in [0.05, 0.1) is 4.88 Å². The van der Waals surface area contributed by atoms with Crippen molar-refractivity contribution in [2.24, 2.45) is 0 Å². The Morgan fingerprint density at radius 1 is 1.33 bits per heavy atom. The summed E-state index contributed by atoms with van der Waals surface area (Å²) in [6, 6.07) is 12.2. The first-order valence-corrected chi connectivity index (χ1v) is 10.1. The average Bonchev–Trinajstić information content (AvgIpc) is 3.30. The van der Waals surface area contributed by atoms with E-state index in [-0.39, 0.29) is 12.5 Å². The summed E-state index contributed by atoms with van der Waals surface area (Å²) in [5.41, 5.74) is 2.43. The van der Waals surface area contributed by atoms with Crippen LogP contribution in [0.4, 0.5) is 5.69 Å². The molecule has 2 aromatic heterocycles. The quantitative estimate of drug-likeness (QED) is 0.566. The highest BCUT2D eigenvalue weighted by molar-refractivity contribution is 7.71. The molecular formula is C19H23N5OS2. The van der Waals surface area contributed by atoms with Crippen LogP contribution < -0.4 is 10.2 Å². The summed E-state index contributed by atoms with van der Waals surface area (Å²) in [6.45, 7) is 6.58. The second kappa shape index (κ2) is 8.96. The molecule has 1 amide bonds. The first kappa shape index (κ1) is 19.3. The normalized spacial score (nSPS) is 10.7. The van der Waals surface area contributed by atoms with Crippen molar-refractivity contribution in [1.82, 2.24) is 20.1 Å². The molecule has 2 heterocycles. The lowest BCUT2D eigenvalue weighted by molar-refractivity contribution is -0.121. The summed E-state index contributed by atoms with van der Waals surface area (Å²) in [5, 5.41) is 12.0. The number of hydrogen-bond acceptors (Lipinski definition) is 5. The van der Waals surface area contributed by atoms with E-state index in [2.05, 4.69) is 46.4 Å². The number of aromatic amines is 1. The van der Waals surface area contributed by atoms with E-state index < -0.39 is 0 Å². The highest BCUT2D eigenvalue weighted by Gasteiger charge is 2.13. The van der Waals surface area contributed by atoms with Gasteiger partial charge in [-0.25, -0.2) is 0 Å². The van der Waals surface area contributed by atoms with Gasteiger partial charge in [-0.15, -0.1) is 11.3 Å². The number of nitrogens with zero attached hydrogens (tertiary/aromatic N) is 3. The molecular weight excluding hydrogens is 378 g/mol. The fraction of sp³-hybridized carbons (Fsp3) is 0.316. The lowest BCUT2D eigenvalue weighted by Crippen LogP contribution is -2.36. The Bertz CT molecular complexity index is 945. The number of para-hydroxylation sites is 1. The molecule has 3 rings (SSSR count). The Kier molecular flexibility index (Phi) is 6.41. The van der Waals surface area contributed by atoms with Gasteiger partial charge < -0.3 is 10.2 Å². The molecule has 0 aliphatic carbocycles. The molecule has 0 saturated carbocycles. The molecule has 0 atom stereocenters. The molecule has 0 spiro atoms. The molecule has 0 bridgehead atoms. The van der Waals surface area contributed by atoms with Crippen molar-refractivity contribution >= 4 is 35.1 Å². The highest BCUT2D eigenvalue weighted by atomic mass is 32.1. The van der Waals surface area contributed by atoms with Crippen LogP contribution in [0.1, 0.15) is 12.5 Å². The van der Waals surface area contributed by atoms with Crippen LogP contribution in [0.15, 0.2) is 41.8 Å². The smallest absolute Gasteiger partial charge is 0.240 e. The molecule has 0 aliphatic rings. The van der Waals surface area contributed by atoms with Gasteiger partial charge in [-0.1, -0.05) is 24.3 Å². The molecule has 27 heavy (non-hydrogen) atoms. The second-order valence-electron chi connectivity index (χ2n) is 6.13. The summed E-state index contributed by atoms with van der Waals surface area (Å²) < 4.78 is 2.18. The van der Waals surface area contributed by atoms with Crippen LogP contribution in [0.2, 0.25) is 0 Å². The molecule has 142 valence electrons. The van der Waals surface area contributed by atoms with Crippen LogP contribution in [0.5, 0.6) is 0 Å². The minimum Gasteiger partial charge on any atom is -0.370 e. The number of thiophene rings is 1. The van der Waals surface area contributed by atoms with E-state index >= 15 is 0 Å². The zero-order chi connectivity index (χ0) is 19.2. The number of aromatic nitrogens is 3. The number of nitrogens with one attached hydrogen (secondary N) is 2. The third-order valence-corrected chi connectivity index (χ3v) is 5.52. The summed E-state index contributed by atoms with van der Waals surface area (Å²) >= 11 is 6.84. The second-order valence-corrected chi connectivity index (χ2v) is 7.47. The third-order valence-electron chi connectivity index (χ3n) is 4.34. The molecule has 0 saturated heterocycles. The number of aryl methyl sites for hydroxylation is 1. The first-order chi connectivity index (χ1) is 13.1. The highest BCUT2D eigenvalue weighted by Crippen LogP contribution is 2.22. The summed E-state index contributed by atoms with van der Waals surface area (Å²) in [7, 11) is 0. The summed E-state index contributed by atoms with van der Waals surface area (Å²) in [4.78, 5) is 15.7. The third kappa shape index (κ3) is 4.64. The van der Waals surface area contributed by atoms with Gasteiger partial charge in [0, 0.05) is 25.3 Å². The maximum Gasteiger partial charge on any atom is 0.240 e. The van der Waals surface area contributed by atoms with Gasteiger partial charge in [-0.3, -0.25) is 14.5 Å². The van der Waals surface area contributed by atoms with Crippen LogP contribution in [-0.2, 0) is 11.3 Å². The van der Waals surface area contributed by atoms with Crippen molar-refractivity contribution in [3.63, 3.8) is 0 Å². The van der Waals surface area contributed by atoms with E-state index in [1.807, 2.05) is 29.6 Å². The molecule has 0 unspecified atom stereocenters. The van der Waals surface area contributed by atoms with Gasteiger partial charge in [0.25, 0.3) is 0 Å². The molecule has 2 N–H and O–H groups in total. The van der Waals surface area contributed by atoms with Crippen molar-refractivity contribution in [2.45, 2.75) is 20.4 Å². The number of anilines is 1. The Morgan fingerprint density at radius 2 is 2.15 bits per heavy atom. The first-order valence-electron chi connectivity index (χ1n) is 8.86. The number of carbonyl (C=O) groups excluding carboxylic acids is 1. The standard InChI is InChI=1S/C19H23N5OS2/c1-3-23(15-8-5-4-7-14(15)2)11-10-20-17(25)13-24-18(21-22-19(24)26)16-9-6-12-27-16/h4-9,12H,3,10-11,13H2,1-2H3,(H,20,25)(H,22,26). The van der Waals surface area contributed by atoms with Gasteiger partial charge in [-0.05, 0) is 49.1 Å². The van der Waals surface area contributed by atoms with E-state index in [4.69, 9.17) is 12.2 Å². The number of H-pyrrole nitrogens is 1. The topological polar surface area (TPSA) is 66.0 Å². The molecule has 8 heteroatoms. The maximum absolute atomic E-state index is 12.4. The van der Waals surface area contributed by atoms with E-state index in [0.29, 0.717) is 17.1 Å². The maximum atomic E-state index is 12.4. The number of hydrogen-bond donors (Lipinski definition) is 2. The van der Waals surface area contributed by atoms with Crippen molar-refractivity contribution < 1.29 is 4.79 Å². The monoisotopic (exact) mass is 401 g/mol. The van der Waals surface area contributed by atoms with Gasteiger partial charge in [0.1, 0.15) is 6.54 Å². The fourth-order valence-corrected chi connectivity index (χ4v) is 3.87. The Morgan fingerprint density at radius 3 is 2.85 bits per heavy atom. The molecule has 0 aliphatic heterocycles. The van der Waals surface area contributed by atoms with Crippen LogP contribution in [0.3, 0.4) is 0 Å². The van der Waals surface area contributed by atoms with E-state index in [1.165, 1.54) is 11.3 Å². The van der Waals surface area contributed by atoms with Crippen molar-refractivity contribution in [2.75, 3.05) is 24.5 Å². The van der Waals surface area contributed by atoms with E-state index in [1.54, 1.807) is 15.9 Å². The molecule has 0 fully saturated rings. The molecule has 3 aromatic rings. The van der Waals surface area contributed by atoms with Crippen molar-refractivity contribution in [1.29, 1.82) is 0 Å². The lowest BCUT2D eigenvalue weighted by Gasteiger charge is -2.25. The van der Waals surface area contributed by atoms with E-state index in [9.17, 15) is 4.79 Å². The van der Waals surface area contributed by atoms with Crippen LogP contribution in [0.25, 0.3) is 10.7 Å². The number of amides is 1. The van der Waals surface area contributed by atoms with Gasteiger partial charge >= 0.3 is 0 Å². The predicted octanol–water partition coefficient (Wildman–Crippen LogP) is 3.62. The minimum atomic E-state index is -0.0776. The number of carbonyl (C=O) groups is 1. The summed E-state index contributed by atoms with van der Waals surface area (Å²) in [5.74, 6) is 0.617. The zero-order valence-electron chi connectivity index (χ0n) is 15.4. The largest absolute Gasteiger partial charge is 0.370 e. The van der Waals surface area contributed by atoms with E-state index in [0.717, 1.165) is 18.0 Å². The average molecular weight is 402 g/mol. The van der Waals surface area contributed by atoms with Crippen LogP contribution in [-0.4, -0.2) is 40.3 Å². The van der Waals surface area contributed by atoms with Gasteiger partial charge in [0.2, 0.25) is 5.91 Å². The zero-order valence-corrected chi connectivity index (χ0v) is 17.1. The minimum absolute atomic E-state index is 0.0776.